The van der Waals surface area contributed by atoms with Gasteiger partial charge in [0.25, 0.3) is 0 Å². The lowest BCUT2D eigenvalue weighted by molar-refractivity contribution is -0.129. The van der Waals surface area contributed by atoms with Crippen molar-refractivity contribution in [2.24, 2.45) is 0 Å². The first-order valence-corrected chi connectivity index (χ1v) is 8.58. The number of carbonyl (C=O) groups excluding carboxylic acids is 2. The molecular weight excluding hydrogens is 346 g/mol. The summed E-state index contributed by atoms with van der Waals surface area (Å²) in [6, 6.07) is 3.54. The maximum atomic E-state index is 11.9. The van der Waals surface area contributed by atoms with E-state index in [1.54, 1.807) is 13.0 Å². The Kier molecular flexibility index (Phi) is 5.37. The van der Waals surface area contributed by atoms with E-state index in [-0.39, 0.29) is 23.4 Å². The van der Waals surface area contributed by atoms with Crippen LogP contribution in [0.2, 0.25) is 5.15 Å². The first-order valence-electron chi connectivity index (χ1n) is 8.20. The van der Waals surface area contributed by atoms with E-state index in [1.165, 1.54) is 0 Å². The molecule has 0 fully saturated rings. The van der Waals surface area contributed by atoms with E-state index < -0.39 is 0 Å². The molecule has 2 aromatic rings. The number of fused-ring (bicyclic) bond motifs is 1. The van der Waals surface area contributed by atoms with Crippen molar-refractivity contribution in [2.75, 3.05) is 6.54 Å². The summed E-state index contributed by atoms with van der Waals surface area (Å²) in [5.41, 5.74) is 1.78. The Morgan fingerprint density at radius 3 is 2.92 bits per heavy atom. The fourth-order valence-electron chi connectivity index (χ4n) is 2.80. The Balaban J connectivity index is 1.51. The van der Waals surface area contributed by atoms with E-state index in [4.69, 9.17) is 16.1 Å². The van der Waals surface area contributed by atoms with Crippen LogP contribution in [-0.2, 0) is 35.6 Å². The number of nitrogens with one attached hydrogen (secondary N) is 1. The third-order valence-electron chi connectivity index (χ3n) is 4.11. The molecule has 134 valence electrons. The fraction of sp³-hybridized carbons (Fsp3) is 0.500. The lowest BCUT2D eigenvalue weighted by Gasteiger charge is -2.17. The maximum absolute atomic E-state index is 11.9. The minimum absolute atomic E-state index is 0.0667. The second-order valence-corrected chi connectivity index (χ2v) is 6.42. The summed E-state index contributed by atoms with van der Waals surface area (Å²) in [5, 5.41) is 11.2. The highest BCUT2D eigenvalue weighted by molar-refractivity contribution is 6.29. The molecule has 9 heteroatoms. The molecule has 2 amide bonds. The zero-order chi connectivity index (χ0) is 17.8. The number of halogens is 1. The number of carbonyl (C=O) groups is 2. The van der Waals surface area contributed by atoms with E-state index in [0.717, 1.165) is 30.9 Å². The van der Waals surface area contributed by atoms with E-state index in [1.807, 2.05) is 15.6 Å². The molecule has 0 aliphatic carbocycles. The first-order chi connectivity index (χ1) is 12.0. The Hall–Kier alpha value is -2.35. The lowest BCUT2D eigenvalue weighted by atomic mass is 10.2. The number of aromatic nitrogens is 3. The molecule has 0 saturated carbocycles. The number of hydrogen-bond donors (Lipinski definition) is 1. The van der Waals surface area contributed by atoms with Gasteiger partial charge >= 0.3 is 0 Å². The summed E-state index contributed by atoms with van der Waals surface area (Å²) in [7, 11) is 0. The predicted octanol–water partition coefficient (Wildman–Crippen LogP) is 1.53. The third-order valence-corrected chi connectivity index (χ3v) is 4.28. The smallest absolute Gasteiger partial charge is 0.220 e. The Morgan fingerprint density at radius 1 is 1.36 bits per heavy atom. The van der Waals surface area contributed by atoms with Crippen LogP contribution in [0.5, 0.6) is 0 Å². The van der Waals surface area contributed by atoms with E-state index in [9.17, 15) is 9.59 Å². The molecule has 3 heterocycles. The molecule has 25 heavy (non-hydrogen) atoms. The topological polar surface area (TPSA) is 93.3 Å². The summed E-state index contributed by atoms with van der Waals surface area (Å²) in [5.74, 6) is 0.552. The van der Waals surface area contributed by atoms with Gasteiger partial charge in [0.2, 0.25) is 11.8 Å². The van der Waals surface area contributed by atoms with Crippen LogP contribution in [0, 0.1) is 0 Å². The Labute approximate surface area is 150 Å². The van der Waals surface area contributed by atoms with E-state index >= 15 is 0 Å². The van der Waals surface area contributed by atoms with Gasteiger partial charge in [-0.1, -0.05) is 16.8 Å². The largest absolute Gasteiger partial charge is 0.360 e. The highest BCUT2D eigenvalue weighted by atomic mass is 35.5. The standard InChI is InChI=1S/C16H20ClN5O3/c1-11(23)21-5-2-6-22-13(10-21)7-12(19-22)9-18-16(24)4-3-14-8-15(17)20-25-14/h7-8H,2-6,9-10H2,1H3,(H,18,24). The zero-order valence-electron chi connectivity index (χ0n) is 14.0. The van der Waals surface area contributed by atoms with Gasteiger partial charge in [-0.3, -0.25) is 14.3 Å². The van der Waals surface area contributed by atoms with Crippen LogP contribution in [-0.4, -0.2) is 38.2 Å². The molecule has 8 nitrogen and oxygen atoms in total. The summed E-state index contributed by atoms with van der Waals surface area (Å²) < 4.78 is 6.88. The van der Waals surface area contributed by atoms with Crippen LogP contribution in [0.3, 0.4) is 0 Å². The second kappa shape index (κ2) is 7.69. The monoisotopic (exact) mass is 365 g/mol. The highest BCUT2D eigenvalue weighted by Crippen LogP contribution is 2.14. The second-order valence-electron chi connectivity index (χ2n) is 6.04. The van der Waals surface area contributed by atoms with Crippen molar-refractivity contribution in [3.63, 3.8) is 0 Å². The predicted molar refractivity (Wildman–Crippen MR) is 89.6 cm³/mol. The highest BCUT2D eigenvalue weighted by Gasteiger charge is 2.18. The van der Waals surface area contributed by atoms with Crippen molar-refractivity contribution >= 4 is 23.4 Å². The summed E-state index contributed by atoms with van der Waals surface area (Å²) in [4.78, 5) is 25.3. The van der Waals surface area contributed by atoms with Crippen LogP contribution in [0.15, 0.2) is 16.7 Å². The molecule has 1 aliphatic rings. The molecule has 0 bridgehead atoms. The quantitative estimate of drug-likeness (QED) is 0.867. The van der Waals surface area contributed by atoms with Crippen molar-refractivity contribution in [1.82, 2.24) is 25.2 Å². The minimum Gasteiger partial charge on any atom is -0.360 e. The summed E-state index contributed by atoms with van der Waals surface area (Å²) in [6.07, 6.45) is 1.61. The summed E-state index contributed by atoms with van der Waals surface area (Å²) >= 11 is 5.67. The molecule has 1 aliphatic heterocycles. The van der Waals surface area contributed by atoms with Gasteiger partial charge in [-0.15, -0.1) is 0 Å². The van der Waals surface area contributed by atoms with Crippen molar-refractivity contribution < 1.29 is 14.1 Å². The Bertz CT molecular complexity index is 770. The number of amides is 2. The van der Waals surface area contributed by atoms with Gasteiger partial charge in [0.1, 0.15) is 5.76 Å². The van der Waals surface area contributed by atoms with Gasteiger partial charge in [0.15, 0.2) is 5.15 Å². The van der Waals surface area contributed by atoms with E-state index in [2.05, 4.69) is 15.6 Å². The van der Waals surface area contributed by atoms with Crippen LogP contribution in [0.25, 0.3) is 0 Å². The fourth-order valence-corrected chi connectivity index (χ4v) is 2.95. The number of aryl methyl sites for hydroxylation is 2. The van der Waals surface area contributed by atoms with Crippen LogP contribution in [0.1, 0.15) is 36.9 Å². The van der Waals surface area contributed by atoms with Crippen molar-refractivity contribution in [3.8, 4) is 0 Å². The van der Waals surface area contributed by atoms with Crippen LogP contribution >= 0.6 is 11.6 Å². The molecule has 1 N–H and O–H groups in total. The van der Waals surface area contributed by atoms with Crippen molar-refractivity contribution in [3.05, 3.63) is 34.4 Å². The normalized spacial score (nSPS) is 14.1. The lowest BCUT2D eigenvalue weighted by Crippen LogP contribution is -2.28. The van der Waals surface area contributed by atoms with Gasteiger partial charge < -0.3 is 14.7 Å². The van der Waals surface area contributed by atoms with E-state index in [0.29, 0.717) is 25.3 Å². The summed E-state index contributed by atoms with van der Waals surface area (Å²) in [6.45, 7) is 4.02. The zero-order valence-corrected chi connectivity index (χ0v) is 14.8. The number of hydrogen-bond acceptors (Lipinski definition) is 5. The average molecular weight is 366 g/mol. The van der Waals surface area contributed by atoms with Gasteiger partial charge in [0, 0.05) is 38.9 Å². The van der Waals surface area contributed by atoms with Crippen LogP contribution < -0.4 is 5.32 Å². The minimum atomic E-state index is -0.0962. The maximum Gasteiger partial charge on any atom is 0.220 e. The molecule has 3 rings (SSSR count). The molecule has 0 unspecified atom stereocenters. The molecule has 2 aromatic heterocycles. The first kappa shape index (κ1) is 17.5. The van der Waals surface area contributed by atoms with Crippen LogP contribution in [0.4, 0.5) is 0 Å². The molecule has 0 saturated heterocycles. The van der Waals surface area contributed by atoms with Gasteiger partial charge in [-0.25, -0.2) is 0 Å². The molecule has 0 radical (unpaired) electrons. The van der Waals surface area contributed by atoms with Crippen molar-refractivity contribution in [1.29, 1.82) is 0 Å². The molecular formula is C16H20ClN5O3. The third kappa shape index (κ3) is 4.60. The van der Waals surface area contributed by atoms with Gasteiger partial charge in [0.05, 0.1) is 24.5 Å². The molecule has 0 atom stereocenters. The number of nitrogens with zero attached hydrogens (tertiary/aromatic N) is 4. The Morgan fingerprint density at radius 2 is 2.20 bits per heavy atom. The van der Waals surface area contributed by atoms with Crippen molar-refractivity contribution in [2.45, 2.75) is 45.8 Å². The van der Waals surface area contributed by atoms with Gasteiger partial charge in [-0.05, 0) is 12.5 Å². The number of rotatable bonds is 5. The van der Waals surface area contributed by atoms with Gasteiger partial charge in [-0.2, -0.15) is 5.10 Å². The molecule has 0 spiro atoms. The SMILES string of the molecule is CC(=O)N1CCCn2nc(CNC(=O)CCc3cc(Cl)no3)cc2C1. The molecule has 0 aromatic carbocycles. The average Bonchev–Trinajstić information content (AvgIpc) is 3.11.